The first-order valence-corrected chi connectivity index (χ1v) is 11.1. The fourth-order valence-corrected chi connectivity index (χ4v) is 4.39. The van der Waals surface area contributed by atoms with Crippen molar-refractivity contribution in [1.82, 2.24) is 9.29 Å². The molecule has 0 aliphatic carbocycles. The molecule has 2 aromatic carbocycles. The first-order valence-electron chi connectivity index (χ1n) is 9.29. The minimum absolute atomic E-state index is 0.152. The van der Waals surface area contributed by atoms with Crippen LogP contribution in [0.4, 0.5) is 5.69 Å². The molecule has 1 aliphatic rings. The first kappa shape index (κ1) is 21.0. The van der Waals surface area contributed by atoms with Crippen LogP contribution in [0.15, 0.2) is 47.4 Å². The van der Waals surface area contributed by atoms with Crippen molar-refractivity contribution in [3.05, 3.63) is 57.8 Å². The Hall–Kier alpha value is -2.30. The molecular weight excluding hydrogens is 430 g/mol. The van der Waals surface area contributed by atoms with Gasteiger partial charge in [0.05, 0.1) is 42.2 Å². The number of pyridine rings is 1. The maximum absolute atomic E-state index is 13.0. The molecule has 1 N–H and O–H groups in total. The van der Waals surface area contributed by atoms with Crippen LogP contribution in [0.5, 0.6) is 0 Å². The summed E-state index contributed by atoms with van der Waals surface area (Å²) in [5, 5.41) is 1.74. The highest BCUT2D eigenvalue weighted by Crippen LogP contribution is 2.21. The lowest BCUT2D eigenvalue weighted by atomic mass is 10.1. The van der Waals surface area contributed by atoms with Crippen molar-refractivity contribution in [1.29, 1.82) is 0 Å². The van der Waals surface area contributed by atoms with E-state index in [0.717, 1.165) is 0 Å². The van der Waals surface area contributed by atoms with E-state index in [1.165, 1.54) is 23.6 Å². The number of halogens is 1. The number of aromatic nitrogens is 1. The zero-order chi connectivity index (χ0) is 21.3. The average Bonchev–Trinajstić information content (AvgIpc) is 2.85. The number of benzene rings is 1. The molecule has 0 bridgehead atoms. The lowest BCUT2D eigenvalue weighted by Gasteiger charge is -2.27. The largest absolute Gasteiger partial charge is 0.376 e. The lowest BCUT2D eigenvalue weighted by Crippen LogP contribution is -2.42. The van der Waals surface area contributed by atoms with Crippen LogP contribution in [0, 0.1) is 0 Å². The van der Waals surface area contributed by atoms with Gasteiger partial charge >= 0.3 is 10.2 Å². The fourth-order valence-electron chi connectivity index (χ4n) is 3.29. The number of anilines is 1. The zero-order valence-corrected chi connectivity index (χ0v) is 17.7. The number of likely N-dealkylation sites (N-methyl/N-ethyl adjacent to an activating group) is 1. The van der Waals surface area contributed by atoms with Crippen LogP contribution in [0.3, 0.4) is 0 Å². The van der Waals surface area contributed by atoms with Crippen molar-refractivity contribution in [2.45, 2.75) is 6.10 Å². The lowest BCUT2D eigenvalue weighted by molar-refractivity contribution is -0.0908. The number of nitrogens with zero attached hydrogens (tertiary/aromatic N) is 2. The molecule has 2 heterocycles. The summed E-state index contributed by atoms with van der Waals surface area (Å²) in [5.74, 6) is 0. The van der Waals surface area contributed by atoms with E-state index < -0.39 is 10.2 Å². The molecule has 158 valence electrons. The molecule has 0 spiro atoms. The van der Waals surface area contributed by atoms with E-state index in [2.05, 4.69) is 9.71 Å². The van der Waals surface area contributed by atoms with Crippen molar-refractivity contribution in [3.8, 4) is 0 Å². The molecule has 4 rings (SSSR count). The van der Waals surface area contributed by atoms with Crippen LogP contribution in [0.2, 0.25) is 5.02 Å². The molecular formula is C20H20ClN3O5S. The number of nitrogens with one attached hydrogen (secondary N) is 1. The van der Waals surface area contributed by atoms with Gasteiger partial charge in [-0.2, -0.15) is 12.7 Å². The Morgan fingerprint density at radius 2 is 2.00 bits per heavy atom. The van der Waals surface area contributed by atoms with Gasteiger partial charge in [-0.1, -0.05) is 23.7 Å². The first-order chi connectivity index (χ1) is 14.3. The second kappa shape index (κ2) is 8.44. The van der Waals surface area contributed by atoms with Crippen molar-refractivity contribution in [2.24, 2.45) is 0 Å². The van der Waals surface area contributed by atoms with Gasteiger partial charge in [0.1, 0.15) is 0 Å². The molecule has 1 saturated heterocycles. The van der Waals surface area contributed by atoms with Crippen LogP contribution < -0.4 is 10.2 Å². The number of hydrogen-bond donors (Lipinski definition) is 1. The summed E-state index contributed by atoms with van der Waals surface area (Å²) in [5.41, 5.74) is 0.515. The van der Waals surface area contributed by atoms with Crippen molar-refractivity contribution in [2.75, 3.05) is 38.1 Å². The van der Waals surface area contributed by atoms with Crippen molar-refractivity contribution >= 4 is 49.2 Å². The monoisotopic (exact) mass is 449 g/mol. The van der Waals surface area contributed by atoms with Crippen LogP contribution in [-0.4, -0.2) is 57.2 Å². The van der Waals surface area contributed by atoms with Crippen LogP contribution in [0.25, 0.3) is 21.7 Å². The molecule has 0 radical (unpaired) electrons. The van der Waals surface area contributed by atoms with Crippen molar-refractivity contribution in [3.63, 3.8) is 0 Å². The van der Waals surface area contributed by atoms with Crippen LogP contribution in [0.1, 0.15) is 0 Å². The Labute approximate surface area is 178 Å². The highest BCUT2D eigenvalue weighted by molar-refractivity contribution is 7.90. The van der Waals surface area contributed by atoms with Crippen LogP contribution >= 0.6 is 11.6 Å². The van der Waals surface area contributed by atoms with E-state index in [9.17, 15) is 13.2 Å². The molecule has 8 nitrogen and oxygen atoms in total. The quantitative estimate of drug-likeness (QED) is 0.642. The Morgan fingerprint density at radius 1 is 1.20 bits per heavy atom. The van der Waals surface area contributed by atoms with Gasteiger partial charge in [-0.3, -0.25) is 14.5 Å². The SMILES string of the molecule is CN(CC1COCCO1)S(=O)(=O)Nc1ccc2ccc3ncc(Cl)cc3c(=O)c2c1. The van der Waals surface area contributed by atoms with E-state index in [0.29, 0.717) is 46.5 Å². The van der Waals surface area contributed by atoms with E-state index in [4.69, 9.17) is 21.1 Å². The molecule has 0 saturated carbocycles. The summed E-state index contributed by atoms with van der Waals surface area (Å²) in [6.07, 6.45) is 1.15. The van der Waals surface area contributed by atoms with Gasteiger partial charge in [-0.25, -0.2) is 0 Å². The van der Waals surface area contributed by atoms with E-state index in [1.807, 2.05) is 0 Å². The second-order valence-electron chi connectivity index (χ2n) is 7.01. The Balaban J connectivity index is 1.66. The van der Waals surface area contributed by atoms with E-state index in [-0.39, 0.29) is 23.8 Å². The normalized spacial score (nSPS) is 17.5. The van der Waals surface area contributed by atoms with Gasteiger partial charge in [0, 0.05) is 30.6 Å². The van der Waals surface area contributed by atoms with Crippen molar-refractivity contribution < 1.29 is 17.9 Å². The standard InChI is InChI=1S/C20H20ClN3O5S/c1-24(11-16-12-28-6-7-29-16)30(26,27)23-15-4-2-13-3-5-19-18(8-14(21)10-22-19)20(25)17(13)9-15/h2-5,8-10,16,23H,6-7,11-12H2,1H3. The van der Waals surface area contributed by atoms with Gasteiger partial charge in [0.25, 0.3) is 0 Å². The Bertz CT molecular complexity index is 1260. The summed E-state index contributed by atoms with van der Waals surface area (Å²) < 4.78 is 40.0. The van der Waals surface area contributed by atoms with Gasteiger partial charge in [-0.05, 0) is 29.7 Å². The smallest absolute Gasteiger partial charge is 0.301 e. The molecule has 10 heteroatoms. The summed E-state index contributed by atoms with van der Waals surface area (Å²) in [6, 6.07) is 9.88. The van der Waals surface area contributed by atoms with E-state index >= 15 is 0 Å². The number of ether oxygens (including phenoxy) is 2. The molecule has 1 aromatic heterocycles. The fraction of sp³-hybridized carbons (Fsp3) is 0.300. The zero-order valence-electron chi connectivity index (χ0n) is 16.2. The Morgan fingerprint density at radius 3 is 2.77 bits per heavy atom. The van der Waals surface area contributed by atoms with Gasteiger partial charge in [0.15, 0.2) is 5.43 Å². The molecule has 1 unspecified atom stereocenters. The summed E-state index contributed by atoms with van der Waals surface area (Å²) in [6.45, 7) is 1.44. The second-order valence-corrected chi connectivity index (χ2v) is 9.22. The third-order valence-electron chi connectivity index (χ3n) is 4.85. The molecule has 1 fully saturated rings. The number of rotatable bonds is 5. The number of hydrogen-bond acceptors (Lipinski definition) is 6. The number of fused-ring (bicyclic) bond motifs is 2. The van der Waals surface area contributed by atoms with E-state index in [1.54, 1.807) is 30.3 Å². The third-order valence-corrected chi connectivity index (χ3v) is 6.52. The molecule has 1 aliphatic heterocycles. The minimum Gasteiger partial charge on any atom is -0.376 e. The van der Waals surface area contributed by atoms with Gasteiger partial charge in [-0.15, -0.1) is 0 Å². The summed E-state index contributed by atoms with van der Waals surface area (Å²) >= 11 is 6.00. The topological polar surface area (TPSA) is 97.8 Å². The maximum atomic E-state index is 13.0. The predicted molar refractivity (Wildman–Crippen MR) is 116 cm³/mol. The predicted octanol–water partition coefficient (Wildman–Crippen LogP) is 2.41. The summed E-state index contributed by atoms with van der Waals surface area (Å²) in [4.78, 5) is 17.2. The minimum atomic E-state index is -3.85. The summed E-state index contributed by atoms with van der Waals surface area (Å²) in [7, 11) is -2.39. The Kier molecular flexibility index (Phi) is 5.90. The molecule has 3 aromatic rings. The maximum Gasteiger partial charge on any atom is 0.301 e. The molecule has 1 atom stereocenters. The third kappa shape index (κ3) is 4.40. The molecule has 30 heavy (non-hydrogen) atoms. The highest BCUT2D eigenvalue weighted by atomic mass is 35.5. The van der Waals surface area contributed by atoms with Gasteiger partial charge in [0.2, 0.25) is 0 Å². The van der Waals surface area contributed by atoms with Gasteiger partial charge < -0.3 is 9.47 Å². The van der Waals surface area contributed by atoms with Crippen LogP contribution in [-0.2, 0) is 19.7 Å². The highest BCUT2D eigenvalue weighted by Gasteiger charge is 2.24. The molecule has 0 amide bonds. The average molecular weight is 450 g/mol.